The van der Waals surface area contributed by atoms with Gasteiger partial charge in [0.1, 0.15) is 0 Å². The molecule has 2 aliphatic heterocycles. The second-order valence-electron chi connectivity index (χ2n) is 5.70. The standard InChI is InChI=1S/C18H14O6P/c19-13-7-1-2-8-14(13)20-25(21-15-9-3-4-10-16(15)22-25)23-17-11-5-6-12-18(17)24-25/h1-12,19,25H/q-1. The SMILES string of the molecule is Oc1ccccc1O[PH-]12(Oc3ccccc3O1)Oc1ccccc1O2. The Balaban J connectivity index is 1.65. The molecule has 0 aromatic heterocycles. The predicted octanol–water partition coefficient (Wildman–Crippen LogP) is 4.57. The number of fused-ring (bicyclic) bond motifs is 2. The van der Waals surface area contributed by atoms with Crippen LogP contribution in [-0.2, 0) is 0 Å². The molecular weight excluding hydrogens is 343 g/mol. The van der Waals surface area contributed by atoms with E-state index in [-0.39, 0.29) is 11.5 Å². The van der Waals surface area contributed by atoms with Gasteiger partial charge in [-0.05, 0) is 0 Å². The average molecular weight is 357 g/mol. The first kappa shape index (κ1) is 14.3. The van der Waals surface area contributed by atoms with E-state index in [0.29, 0.717) is 23.0 Å². The zero-order valence-corrected chi connectivity index (χ0v) is 13.9. The normalized spacial score (nSPS) is 19.1. The van der Waals surface area contributed by atoms with Crippen molar-refractivity contribution in [3.05, 3.63) is 72.8 Å². The number of para-hydroxylation sites is 6. The summed E-state index contributed by atoms with van der Waals surface area (Å²) < 4.78 is 30.2. The van der Waals surface area contributed by atoms with Crippen LogP contribution >= 0.6 is 7.74 Å². The van der Waals surface area contributed by atoms with Crippen LogP contribution in [0.25, 0.3) is 0 Å². The van der Waals surface area contributed by atoms with E-state index in [1.165, 1.54) is 6.07 Å². The Hall–Kier alpha value is -3.11. The molecule has 0 unspecified atom stereocenters. The molecule has 0 bridgehead atoms. The van der Waals surface area contributed by atoms with Gasteiger partial charge in [0, 0.05) is 0 Å². The molecule has 5 rings (SSSR count). The van der Waals surface area contributed by atoms with Crippen molar-refractivity contribution in [1.29, 1.82) is 0 Å². The molecule has 0 aliphatic carbocycles. The minimum absolute atomic E-state index is 0.0705. The molecule has 0 saturated heterocycles. The summed E-state index contributed by atoms with van der Waals surface area (Å²) in [5, 5.41) is 10.1. The number of aromatic hydroxyl groups is 1. The van der Waals surface area contributed by atoms with Crippen molar-refractivity contribution in [3.63, 3.8) is 0 Å². The maximum atomic E-state index is 10.1. The number of hydrogen-bond acceptors (Lipinski definition) is 6. The fraction of sp³-hybridized carbons (Fsp3) is 0. The number of hydrogen-bond donors (Lipinski definition) is 1. The van der Waals surface area contributed by atoms with E-state index in [9.17, 15) is 5.11 Å². The van der Waals surface area contributed by atoms with Gasteiger partial charge < -0.3 is 0 Å². The predicted molar refractivity (Wildman–Crippen MR) is 92.4 cm³/mol. The van der Waals surface area contributed by atoms with E-state index in [1.54, 1.807) is 42.5 Å². The average Bonchev–Trinajstić information content (AvgIpc) is 3.10. The van der Waals surface area contributed by atoms with Gasteiger partial charge in [0.05, 0.1) is 0 Å². The molecule has 7 heteroatoms. The van der Waals surface area contributed by atoms with Crippen LogP contribution in [0.4, 0.5) is 0 Å². The van der Waals surface area contributed by atoms with Gasteiger partial charge in [0.15, 0.2) is 0 Å². The number of rotatable bonds is 2. The van der Waals surface area contributed by atoms with Crippen molar-refractivity contribution in [3.8, 4) is 34.5 Å². The Morgan fingerprint density at radius 3 is 1.44 bits per heavy atom. The third kappa shape index (κ3) is 2.08. The van der Waals surface area contributed by atoms with E-state index >= 15 is 0 Å². The molecule has 0 atom stereocenters. The zero-order valence-electron chi connectivity index (χ0n) is 12.9. The van der Waals surface area contributed by atoms with Crippen molar-refractivity contribution in [1.82, 2.24) is 0 Å². The Kier molecular flexibility index (Phi) is 2.68. The second kappa shape index (κ2) is 4.71. The first-order valence-corrected chi connectivity index (χ1v) is 9.79. The summed E-state index contributed by atoms with van der Waals surface area (Å²) in [6.45, 7) is 0. The Morgan fingerprint density at radius 2 is 1.00 bits per heavy atom. The summed E-state index contributed by atoms with van der Waals surface area (Å²) in [7, 11) is -4.87. The van der Waals surface area contributed by atoms with E-state index < -0.39 is 7.74 Å². The van der Waals surface area contributed by atoms with Crippen LogP contribution in [0.1, 0.15) is 0 Å². The van der Waals surface area contributed by atoms with Gasteiger partial charge in [-0.3, -0.25) is 0 Å². The molecule has 0 fully saturated rings. The van der Waals surface area contributed by atoms with Gasteiger partial charge in [0.25, 0.3) is 0 Å². The van der Waals surface area contributed by atoms with Crippen LogP contribution in [0.15, 0.2) is 72.8 Å². The first-order valence-electron chi connectivity index (χ1n) is 7.75. The molecular formula is C18H14O6P-. The minimum atomic E-state index is -4.87. The van der Waals surface area contributed by atoms with Gasteiger partial charge in [0.2, 0.25) is 0 Å². The summed E-state index contributed by atoms with van der Waals surface area (Å²) in [4.78, 5) is 0. The van der Waals surface area contributed by atoms with Crippen LogP contribution in [-0.4, -0.2) is 5.11 Å². The van der Waals surface area contributed by atoms with E-state index in [2.05, 4.69) is 0 Å². The topological polar surface area (TPSA) is 66.4 Å². The summed E-state index contributed by atoms with van der Waals surface area (Å²) >= 11 is 0. The summed E-state index contributed by atoms with van der Waals surface area (Å²) in [5.41, 5.74) is 0. The molecule has 6 nitrogen and oxygen atoms in total. The van der Waals surface area contributed by atoms with Crippen LogP contribution in [0.5, 0.6) is 34.5 Å². The molecule has 2 aliphatic rings. The van der Waals surface area contributed by atoms with Gasteiger partial charge >= 0.3 is 143 Å². The van der Waals surface area contributed by atoms with Gasteiger partial charge in [-0.15, -0.1) is 0 Å². The van der Waals surface area contributed by atoms with Gasteiger partial charge in [-0.25, -0.2) is 0 Å². The molecule has 3 aromatic rings. The van der Waals surface area contributed by atoms with Crippen LogP contribution < -0.4 is 22.6 Å². The molecule has 25 heavy (non-hydrogen) atoms. The van der Waals surface area contributed by atoms with Crippen molar-refractivity contribution in [2.45, 2.75) is 0 Å². The van der Waals surface area contributed by atoms with Crippen molar-refractivity contribution in [2.75, 3.05) is 0 Å². The summed E-state index contributed by atoms with van der Waals surface area (Å²) in [6.07, 6.45) is 0. The molecule has 0 saturated carbocycles. The zero-order chi connectivity index (χ0) is 16.9. The van der Waals surface area contributed by atoms with Crippen molar-refractivity contribution < 1.29 is 27.7 Å². The molecule has 1 N–H and O–H groups in total. The monoisotopic (exact) mass is 357 g/mol. The van der Waals surface area contributed by atoms with Gasteiger partial charge in [-0.2, -0.15) is 0 Å². The Labute approximate surface area is 143 Å². The Morgan fingerprint density at radius 1 is 0.600 bits per heavy atom. The van der Waals surface area contributed by atoms with Crippen molar-refractivity contribution >= 4 is 7.74 Å². The molecule has 1 spiro atoms. The first-order chi connectivity index (χ1) is 12.1. The second-order valence-corrected chi connectivity index (χ2v) is 8.39. The Bertz CT molecular complexity index is 876. The summed E-state index contributed by atoms with van der Waals surface area (Å²) in [6, 6.07) is 20.7. The number of phenolic OH excluding ortho intramolecular Hbond substituents is 1. The maximum absolute atomic E-state index is 10.1. The van der Waals surface area contributed by atoms with Crippen molar-refractivity contribution in [2.24, 2.45) is 0 Å². The fourth-order valence-corrected chi connectivity index (χ4v) is 5.95. The molecule has 128 valence electrons. The van der Waals surface area contributed by atoms with E-state index in [4.69, 9.17) is 22.6 Å². The molecule has 0 radical (unpaired) electrons. The van der Waals surface area contributed by atoms with Crippen LogP contribution in [0.2, 0.25) is 0 Å². The third-order valence-corrected chi connectivity index (χ3v) is 6.71. The van der Waals surface area contributed by atoms with Crippen LogP contribution in [0.3, 0.4) is 0 Å². The number of benzene rings is 3. The molecule has 0 amide bonds. The fourth-order valence-electron chi connectivity index (χ4n) is 2.89. The summed E-state index contributed by atoms with van der Waals surface area (Å²) in [5.74, 6) is 1.91. The molecule has 2 heterocycles. The third-order valence-electron chi connectivity index (χ3n) is 3.95. The van der Waals surface area contributed by atoms with E-state index in [1.807, 2.05) is 24.3 Å². The van der Waals surface area contributed by atoms with Gasteiger partial charge in [-0.1, -0.05) is 0 Å². The molecule has 3 aromatic carbocycles. The van der Waals surface area contributed by atoms with E-state index in [0.717, 1.165) is 0 Å². The quantitative estimate of drug-likeness (QED) is 0.678. The van der Waals surface area contributed by atoms with Crippen LogP contribution in [0, 0.1) is 0 Å². The number of phenols is 1.